The van der Waals surface area contributed by atoms with E-state index in [0.29, 0.717) is 24.7 Å². The number of carbonyl (C=O) groups excluding carboxylic acids is 10. The average Bonchev–Trinajstić information content (AvgIpc) is 3.82. The molecule has 0 bridgehead atoms. The molecule has 0 radical (unpaired) electrons. The molecule has 1 heterocycles. The molecule has 0 saturated carbocycles. The molecule has 78 heavy (non-hydrogen) atoms. The second-order valence-electron chi connectivity index (χ2n) is 20.7. The van der Waals surface area contributed by atoms with Crippen LogP contribution in [0.4, 0.5) is 0 Å². The summed E-state index contributed by atoms with van der Waals surface area (Å²) in [4.78, 5) is 172. The average molecular weight is 1100 g/mol. The largest absolute Gasteiger partial charge is 0.481 e. The molecule has 9 amide bonds. The third kappa shape index (κ3) is 23.0. The zero-order valence-electron chi connectivity index (χ0n) is 45.2. The van der Waals surface area contributed by atoms with Crippen molar-refractivity contribution in [2.75, 3.05) is 6.54 Å². The van der Waals surface area contributed by atoms with Crippen LogP contribution < -0.4 is 48.3 Å². The van der Waals surface area contributed by atoms with Crippen molar-refractivity contribution < 1.29 is 82.8 Å². The van der Waals surface area contributed by atoms with Crippen molar-refractivity contribution in [1.82, 2.24) is 47.4 Å². The lowest BCUT2D eigenvalue weighted by Gasteiger charge is -2.29. The van der Waals surface area contributed by atoms with Gasteiger partial charge < -0.3 is 78.4 Å². The topological polar surface area (TPSA) is 428 Å². The number of rotatable bonds is 33. The van der Waals surface area contributed by atoms with Crippen molar-refractivity contribution in [2.45, 2.75) is 180 Å². The summed E-state index contributed by atoms with van der Waals surface area (Å²) in [6.45, 7) is 12.8. The first-order chi connectivity index (χ1) is 36.4. The SMILES string of the molecule is CC(C)C[C@H](NC(=O)[C@H](CC(=O)O)NC(=O)[C@H](CC(C)C)NC(=O)[C@H](CC(C)C)NC(=O)[C@@H](NC(=O)[C@H](C)N)[C@@H](C)O)C(=O)N[C@@H](CC(=O)O)C(=O)N[C@@H](Cc1ccccc1)C(=O)N[C@@H](CC(=O)O)C(=O)N1CCC[C@H]1C=O. The van der Waals surface area contributed by atoms with Gasteiger partial charge in [-0.3, -0.25) is 57.5 Å². The minimum absolute atomic E-state index is 0.00397. The number of carboxylic acid groups (broad SMARTS) is 3. The van der Waals surface area contributed by atoms with E-state index in [1.807, 2.05) is 0 Å². The van der Waals surface area contributed by atoms with E-state index in [1.54, 1.807) is 71.9 Å². The predicted molar refractivity (Wildman–Crippen MR) is 277 cm³/mol. The molecule has 27 nitrogen and oxygen atoms in total. The molecule has 0 aromatic heterocycles. The molecular weight excluding hydrogens is 1020 g/mol. The Morgan fingerprint density at radius 3 is 1.27 bits per heavy atom. The number of carboxylic acids is 3. The zero-order chi connectivity index (χ0) is 59.1. The lowest BCUT2D eigenvalue weighted by molar-refractivity contribution is -0.145. The van der Waals surface area contributed by atoms with Crippen LogP contribution in [0.5, 0.6) is 0 Å². The van der Waals surface area contributed by atoms with E-state index in [0.717, 1.165) is 4.90 Å². The van der Waals surface area contributed by atoms with Gasteiger partial charge in [-0.2, -0.15) is 0 Å². The van der Waals surface area contributed by atoms with Gasteiger partial charge in [0.2, 0.25) is 53.2 Å². The summed E-state index contributed by atoms with van der Waals surface area (Å²) in [5.41, 5.74) is 6.06. The molecule has 2 rings (SSSR count). The number of aliphatic hydroxyl groups excluding tert-OH is 1. The summed E-state index contributed by atoms with van der Waals surface area (Å²) in [6, 6.07) is -7.03. The van der Waals surface area contributed by atoms with E-state index < -0.39 is 163 Å². The number of nitrogens with one attached hydrogen (secondary N) is 8. The fourth-order valence-corrected chi connectivity index (χ4v) is 8.30. The first-order valence-corrected chi connectivity index (χ1v) is 25.8. The summed E-state index contributed by atoms with van der Waals surface area (Å²) in [5.74, 6) is -14.8. The Morgan fingerprint density at radius 2 is 0.885 bits per heavy atom. The maximum absolute atomic E-state index is 14.1. The standard InChI is InChI=1S/C51H78N10O17/c1-25(2)17-32(53-46(73)34(19-27(5)6)58-50(77)42(29(8)63)60-43(70)28(7)52)44(71)56-36(21-39(64)65)48(75)54-33(18-26(3)4)45(72)57-37(22-40(66)67)49(76)55-35(20-30-13-10-9-11-14-30)47(74)59-38(23-41(68)69)51(78)61-16-12-15-31(61)24-62/h9-11,13-14,24-29,31-38,42,63H,12,15-23,52H2,1-8H3,(H,53,73)(H,54,75)(H,55,76)(H,56,71)(H,57,72)(H,58,77)(H,59,74)(H,60,70)(H,64,65)(H,66,67)(H,68,69)/t28-,29+,31-,32-,33-,34-,35-,36-,37-,38-,42-/m0/s1. The van der Waals surface area contributed by atoms with Crippen molar-refractivity contribution in [3.8, 4) is 0 Å². The van der Waals surface area contributed by atoms with Gasteiger partial charge in [-0.05, 0) is 69.3 Å². The second kappa shape index (κ2) is 32.2. The van der Waals surface area contributed by atoms with Crippen LogP contribution in [0, 0.1) is 17.8 Å². The van der Waals surface area contributed by atoms with Crippen LogP contribution in [-0.2, 0) is 68.7 Å². The summed E-state index contributed by atoms with van der Waals surface area (Å²) in [7, 11) is 0. The fourth-order valence-electron chi connectivity index (χ4n) is 8.30. The van der Waals surface area contributed by atoms with Crippen LogP contribution in [0.2, 0.25) is 0 Å². The number of aliphatic carboxylic acids is 3. The number of hydrogen-bond donors (Lipinski definition) is 13. The molecule has 1 aromatic carbocycles. The first-order valence-electron chi connectivity index (χ1n) is 25.8. The highest BCUT2D eigenvalue weighted by molar-refractivity contribution is 6.00. The number of nitrogens with two attached hydrogens (primary N) is 1. The Morgan fingerprint density at radius 1 is 0.526 bits per heavy atom. The Bertz CT molecular complexity index is 2300. The molecular formula is C51H78N10O17. The van der Waals surface area contributed by atoms with Gasteiger partial charge >= 0.3 is 17.9 Å². The number of aliphatic hydroxyl groups is 1. The van der Waals surface area contributed by atoms with Gasteiger partial charge in [0.1, 0.15) is 54.6 Å². The van der Waals surface area contributed by atoms with Crippen molar-refractivity contribution in [2.24, 2.45) is 23.5 Å². The first kappa shape index (κ1) is 66.6. The summed E-state index contributed by atoms with van der Waals surface area (Å²) in [5, 5.41) is 58.8. The molecule has 434 valence electrons. The van der Waals surface area contributed by atoms with Gasteiger partial charge in [0.05, 0.1) is 37.5 Å². The van der Waals surface area contributed by atoms with Crippen LogP contribution in [-0.4, -0.2) is 176 Å². The number of likely N-dealkylation sites (tertiary alicyclic amines) is 1. The minimum Gasteiger partial charge on any atom is -0.481 e. The highest BCUT2D eigenvalue weighted by atomic mass is 16.4. The van der Waals surface area contributed by atoms with Crippen molar-refractivity contribution in [3.05, 3.63) is 35.9 Å². The number of amides is 9. The van der Waals surface area contributed by atoms with Gasteiger partial charge in [-0.1, -0.05) is 71.9 Å². The summed E-state index contributed by atoms with van der Waals surface area (Å²) >= 11 is 0. The number of hydrogen-bond acceptors (Lipinski definition) is 15. The van der Waals surface area contributed by atoms with Crippen molar-refractivity contribution in [1.29, 1.82) is 0 Å². The van der Waals surface area contributed by atoms with Crippen LogP contribution >= 0.6 is 0 Å². The molecule has 27 heteroatoms. The summed E-state index contributed by atoms with van der Waals surface area (Å²) < 4.78 is 0. The van der Waals surface area contributed by atoms with Crippen LogP contribution in [0.3, 0.4) is 0 Å². The number of nitrogens with zero attached hydrogens (tertiary/aromatic N) is 1. The monoisotopic (exact) mass is 1100 g/mol. The molecule has 14 N–H and O–H groups in total. The molecule has 1 aromatic rings. The molecule has 1 fully saturated rings. The lowest BCUT2D eigenvalue weighted by atomic mass is 9.99. The number of carbonyl (C=O) groups is 13. The maximum atomic E-state index is 14.1. The Balaban J connectivity index is 2.45. The third-order valence-electron chi connectivity index (χ3n) is 12.2. The molecule has 11 atom stereocenters. The molecule has 1 saturated heterocycles. The molecule has 0 aliphatic carbocycles. The van der Waals surface area contributed by atoms with Crippen LogP contribution in [0.25, 0.3) is 0 Å². The van der Waals surface area contributed by atoms with Crippen LogP contribution in [0.15, 0.2) is 30.3 Å². The normalized spacial score (nSPS) is 17.0. The Hall–Kier alpha value is -7.55. The van der Waals surface area contributed by atoms with E-state index in [-0.39, 0.29) is 44.1 Å². The second-order valence-corrected chi connectivity index (χ2v) is 20.7. The van der Waals surface area contributed by atoms with Crippen molar-refractivity contribution in [3.63, 3.8) is 0 Å². The van der Waals surface area contributed by atoms with Gasteiger partial charge in [-0.25, -0.2) is 0 Å². The summed E-state index contributed by atoms with van der Waals surface area (Å²) in [6.07, 6.45) is -3.77. The van der Waals surface area contributed by atoms with E-state index in [4.69, 9.17) is 5.73 Å². The highest BCUT2D eigenvalue weighted by Gasteiger charge is 2.39. The Labute approximate surface area is 452 Å². The third-order valence-corrected chi connectivity index (χ3v) is 12.2. The van der Waals surface area contributed by atoms with Gasteiger partial charge in [0.15, 0.2) is 0 Å². The van der Waals surface area contributed by atoms with Gasteiger partial charge in [0.25, 0.3) is 0 Å². The van der Waals surface area contributed by atoms with E-state index in [2.05, 4.69) is 42.5 Å². The predicted octanol–water partition coefficient (Wildman–Crippen LogP) is -2.41. The minimum atomic E-state index is -1.97. The number of aldehydes is 1. The fraction of sp³-hybridized carbons (Fsp3) is 0.627. The van der Waals surface area contributed by atoms with Crippen LogP contribution in [0.1, 0.15) is 112 Å². The van der Waals surface area contributed by atoms with E-state index in [1.165, 1.54) is 13.8 Å². The lowest BCUT2D eigenvalue weighted by Crippen LogP contribution is -2.61. The number of benzene rings is 1. The zero-order valence-corrected chi connectivity index (χ0v) is 45.2. The van der Waals surface area contributed by atoms with Gasteiger partial charge in [0, 0.05) is 13.0 Å². The molecule has 0 spiro atoms. The van der Waals surface area contributed by atoms with Crippen molar-refractivity contribution >= 4 is 77.4 Å². The van der Waals surface area contributed by atoms with E-state index >= 15 is 0 Å². The smallest absolute Gasteiger partial charge is 0.305 e. The highest BCUT2D eigenvalue weighted by Crippen LogP contribution is 2.18. The van der Waals surface area contributed by atoms with E-state index in [9.17, 15) is 82.8 Å². The Kier molecular flexibility index (Phi) is 27.5. The van der Waals surface area contributed by atoms with Gasteiger partial charge in [-0.15, -0.1) is 0 Å². The molecule has 1 aliphatic heterocycles. The molecule has 0 unspecified atom stereocenters. The molecule has 1 aliphatic rings. The quantitative estimate of drug-likeness (QED) is 0.0326. The maximum Gasteiger partial charge on any atom is 0.305 e.